The van der Waals surface area contributed by atoms with Crippen LogP contribution in [0.1, 0.15) is 19.8 Å². The maximum atomic E-state index is 11.6. The van der Waals surface area contributed by atoms with Gasteiger partial charge in [-0.05, 0) is 26.8 Å². The van der Waals surface area contributed by atoms with Gasteiger partial charge < -0.3 is 19.9 Å². The summed E-state index contributed by atoms with van der Waals surface area (Å²) in [6, 6.07) is 0.545. The van der Waals surface area contributed by atoms with E-state index in [-0.39, 0.29) is 6.09 Å². The normalized spacial score (nSPS) is 22.5. The van der Waals surface area contributed by atoms with Crippen LogP contribution >= 0.6 is 0 Å². The van der Waals surface area contributed by atoms with Crippen LogP contribution in [0.4, 0.5) is 4.79 Å². The van der Waals surface area contributed by atoms with Crippen LogP contribution in [0.15, 0.2) is 0 Å². The van der Waals surface area contributed by atoms with Gasteiger partial charge in [0.15, 0.2) is 0 Å². The van der Waals surface area contributed by atoms with Gasteiger partial charge in [0.1, 0.15) is 0 Å². The highest BCUT2D eigenvalue weighted by molar-refractivity contribution is 5.67. The Labute approximate surface area is 128 Å². The standard InChI is InChI=1S/C15H30N4O2/c1-3-21-15(20)19-7-4-14(5-8-19)16-6-9-18-12-10-17(2)11-13-18/h14,16H,3-13H2,1-2H3. The summed E-state index contributed by atoms with van der Waals surface area (Å²) in [6.07, 6.45) is 1.90. The summed E-state index contributed by atoms with van der Waals surface area (Å²) < 4.78 is 5.04. The number of likely N-dealkylation sites (N-methyl/N-ethyl adjacent to an activating group) is 1. The van der Waals surface area contributed by atoms with Crippen molar-refractivity contribution in [2.75, 3.05) is 66.0 Å². The monoisotopic (exact) mass is 298 g/mol. The van der Waals surface area contributed by atoms with E-state index in [0.717, 1.165) is 39.0 Å². The van der Waals surface area contributed by atoms with Crippen LogP contribution in [0, 0.1) is 0 Å². The Morgan fingerprint density at radius 2 is 1.81 bits per heavy atom. The van der Waals surface area contributed by atoms with Gasteiger partial charge in [0.25, 0.3) is 0 Å². The van der Waals surface area contributed by atoms with Crippen LogP contribution in [0.2, 0.25) is 0 Å². The molecule has 0 radical (unpaired) electrons. The van der Waals surface area contributed by atoms with E-state index in [1.54, 1.807) is 0 Å². The van der Waals surface area contributed by atoms with Gasteiger partial charge in [-0.25, -0.2) is 4.79 Å². The zero-order valence-electron chi connectivity index (χ0n) is 13.5. The lowest BCUT2D eigenvalue weighted by Gasteiger charge is -2.34. The zero-order valence-corrected chi connectivity index (χ0v) is 13.5. The van der Waals surface area contributed by atoms with E-state index in [0.29, 0.717) is 12.6 Å². The highest BCUT2D eigenvalue weighted by Gasteiger charge is 2.23. The first-order chi connectivity index (χ1) is 10.2. The molecule has 2 fully saturated rings. The molecule has 0 spiro atoms. The van der Waals surface area contributed by atoms with Crippen molar-refractivity contribution < 1.29 is 9.53 Å². The molecule has 0 saturated carbocycles. The molecule has 2 saturated heterocycles. The predicted molar refractivity (Wildman–Crippen MR) is 83.6 cm³/mol. The van der Waals surface area contributed by atoms with Crippen molar-refractivity contribution in [1.29, 1.82) is 0 Å². The fourth-order valence-electron chi connectivity index (χ4n) is 2.98. The molecule has 21 heavy (non-hydrogen) atoms. The highest BCUT2D eigenvalue weighted by atomic mass is 16.6. The summed E-state index contributed by atoms with van der Waals surface area (Å²) in [5.41, 5.74) is 0. The molecule has 1 N–H and O–H groups in total. The van der Waals surface area contributed by atoms with E-state index in [1.165, 1.54) is 26.2 Å². The highest BCUT2D eigenvalue weighted by Crippen LogP contribution is 2.11. The molecule has 2 heterocycles. The number of hydrogen-bond donors (Lipinski definition) is 1. The minimum atomic E-state index is -0.159. The van der Waals surface area contributed by atoms with Crippen molar-refractivity contribution in [3.8, 4) is 0 Å². The lowest BCUT2D eigenvalue weighted by Crippen LogP contribution is -2.49. The second kappa shape index (κ2) is 8.56. The van der Waals surface area contributed by atoms with Gasteiger partial charge in [-0.2, -0.15) is 0 Å². The van der Waals surface area contributed by atoms with Gasteiger partial charge in [0, 0.05) is 58.4 Å². The molecular formula is C15H30N4O2. The van der Waals surface area contributed by atoms with Gasteiger partial charge in [-0.15, -0.1) is 0 Å². The molecule has 2 rings (SSSR count). The molecule has 2 aliphatic heterocycles. The molecule has 122 valence electrons. The van der Waals surface area contributed by atoms with Crippen molar-refractivity contribution in [3.05, 3.63) is 0 Å². The van der Waals surface area contributed by atoms with Crippen molar-refractivity contribution in [3.63, 3.8) is 0 Å². The number of likely N-dealkylation sites (tertiary alicyclic amines) is 1. The molecule has 0 aromatic rings. The number of hydrogen-bond acceptors (Lipinski definition) is 5. The van der Waals surface area contributed by atoms with E-state index in [2.05, 4.69) is 22.2 Å². The number of nitrogens with one attached hydrogen (secondary N) is 1. The first-order valence-corrected chi connectivity index (χ1v) is 8.25. The molecule has 0 aromatic carbocycles. The molecule has 6 heteroatoms. The Hall–Kier alpha value is -0.850. The molecule has 0 bridgehead atoms. The lowest BCUT2D eigenvalue weighted by molar-refractivity contribution is 0.0944. The number of ether oxygens (including phenoxy) is 1. The number of rotatable bonds is 5. The third-order valence-electron chi connectivity index (χ3n) is 4.48. The maximum absolute atomic E-state index is 11.6. The van der Waals surface area contributed by atoms with Gasteiger partial charge in [0.05, 0.1) is 6.61 Å². The Morgan fingerprint density at radius 1 is 1.14 bits per heavy atom. The van der Waals surface area contributed by atoms with Crippen molar-refractivity contribution in [2.24, 2.45) is 0 Å². The summed E-state index contributed by atoms with van der Waals surface area (Å²) in [4.78, 5) is 18.4. The lowest BCUT2D eigenvalue weighted by atomic mass is 10.1. The maximum Gasteiger partial charge on any atom is 0.409 e. The predicted octanol–water partition coefficient (Wildman–Crippen LogP) is 0.444. The number of carbonyl (C=O) groups excluding carboxylic acids is 1. The van der Waals surface area contributed by atoms with E-state index < -0.39 is 0 Å². The molecule has 2 aliphatic rings. The van der Waals surface area contributed by atoms with E-state index >= 15 is 0 Å². The van der Waals surface area contributed by atoms with Crippen LogP contribution in [-0.4, -0.2) is 92.8 Å². The molecular weight excluding hydrogens is 268 g/mol. The molecule has 1 amide bonds. The Morgan fingerprint density at radius 3 is 2.43 bits per heavy atom. The third-order valence-corrected chi connectivity index (χ3v) is 4.48. The van der Waals surface area contributed by atoms with Crippen molar-refractivity contribution in [1.82, 2.24) is 20.0 Å². The van der Waals surface area contributed by atoms with Crippen LogP contribution in [0.5, 0.6) is 0 Å². The van der Waals surface area contributed by atoms with Crippen LogP contribution in [-0.2, 0) is 4.74 Å². The van der Waals surface area contributed by atoms with Crippen LogP contribution in [0.3, 0.4) is 0 Å². The minimum absolute atomic E-state index is 0.159. The molecule has 0 aromatic heterocycles. The molecule has 0 unspecified atom stereocenters. The topological polar surface area (TPSA) is 48.1 Å². The number of nitrogens with zero attached hydrogens (tertiary/aromatic N) is 3. The summed E-state index contributed by atoms with van der Waals surface area (Å²) in [5, 5.41) is 3.64. The summed E-state index contributed by atoms with van der Waals surface area (Å²) in [6.45, 7) is 10.8. The minimum Gasteiger partial charge on any atom is -0.450 e. The average molecular weight is 298 g/mol. The quantitative estimate of drug-likeness (QED) is 0.798. The smallest absolute Gasteiger partial charge is 0.409 e. The number of carbonyl (C=O) groups is 1. The van der Waals surface area contributed by atoms with Crippen LogP contribution < -0.4 is 5.32 Å². The second-order valence-corrected chi connectivity index (χ2v) is 6.06. The molecule has 6 nitrogen and oxygen atoms in total. The SMILES string of the molecule is CCOC(=O)N1CCC(NCCN2CCN(C)CC2)CC1. The van der Waals surface area contributed by atoms with Gasteiger partial charge in [-0.1, -0.05) is 0 Å². The average Bonchev–Trinajstić information content (AvgIpc) is 2.50. The Kier molecular flexibility index (Phi) is 6.73. The summed E-state index contributed by atoms with van der Waals surface area (Å²) in [5.74, 6) is 0. The van der Waals surface area contributed by atoms with Gasteiger partial charge in [0.2, 0.25) is 0 Å². The van der Waals surface area contributed by atoms with Crippen molar-refractivity contribution in [2.45, 2.75) is 25.8 Å². The van der Waals surface area contributed by atoms with E-state index in [4.69, 9.17) is 4.74 Å². The number of piperazine rings is 1. The largest absolute Gasteiger partial charge is 0.450 e. The molecule has 0 atom stereocenters. The van der Waals surface area contributed by atoms with E-state index in [9.17, 15) is 4.79 Å². The second-order valence-electron chi connectivity index (χ2n) is 6.06. The Balaban J connectivity index is 1.56. The van der Waals surface area contributed by atoms with Crippen LogP contribution in [0.25, 0.3) is 0 Å². The third kappa shape index (κ3) is 5.45. The first-order valence-electron chi connectivity index (χ1n) is 8.25. The molecule has 0 aliphatic carbocycles. The van der Waals surface area contributed by atoms with E-state index in [1.807, 2.05) is 11.8 Å². The first kappa shape index (κ1) is 16.5. The van der Waals surface area contributed by atoms with Gasteiger partial charge in [-0.3, -0.25) is 4.90 Å². The summed E-state index contributed by atoms with van der Waals surface area (Å²) >= 11 is 0. The summed E-state index contributed by atoms with van der Waals surface area (Å²) in [7, 11) is 2.19. The fourth-order valence-corrected chi connectivity index (χ4v) is 2.98. The van der Waals surface area contributed by atoms with Gasteiger partial charge >= 0.3 is 6.09 Å². The van der Waals surface area contributed by atoms with Crippen molar-refractivity contribution >= 4 is 6.09 Å². The number of piperidine rings is 1. The fraction of sp³-hybridized carbons (Fsp3) is 0.933. The Bertz CT molecular complexity index is 311. The zero-order chi connectivity index (χ0) is 15.1. The number of amides is 1.